The van der Waals surface area contributed by atoms with Crippen molar-refractivity contribution in [1.29, 1.82) is 0 Å². The van der Waals surface area contributed by atoms with E-state index in [-0.39, 0.29) is 11.9 Å². The fourth-order valence-corrected chi connectivity index (χ4v) is 2.05. The Kier molecular flexibility index (Phi) is 4.75. The van der Waals surface area contributed by atoms with Crippen molar-refractivity contribution >= 4 is 17.7 Å². The van der Waals surface area contributed by atoms with Gasteiger partial charge in [-0.15, -0.1) is 0 Å². The van der Waals surface area contributed by atoms with Crippen molar-refractivity contribution in [3.05, 3.63) is 0 Å². The van der Waals surface area contributed by atoms with E-state index in [0.29, 0.717) is 6.04 Å². The van der Waals surface area contributed by atoms with Gasteiger partial charge in [-0.1, -0.05) is 0 Å². The van der Waals surface area contributed by atoms with Crippen LogP contribution in [0.3, 0.4) is 0 Å². The Balaban J connectivity index is 2.36. The van der Waals surface area contributed by atoms with Crippen LogP contribution in [0.5, 0.6) is 0 Å². The van der Waals surface area contributed by atoms with Crippen LogP contribution < -0.4 is 5.73 Å². The Morgan fingerprint density at radius 1 is 1.64 bits per heavy atom. The van der Waals surface area contributed by atoms with E-state index in [0.717, 1.165) is 31.6 Å². The summed E-state index contributed by atoms with van der Waals surface area (Å²) in [5.41, 5.74) is 5.84. The summed E-state index contributed by atoms with van der Waals surface area (Å²) in [6.45, 7) is 2.83. The lowest BCUT2D eigenvalue weighted by Crippen LogP contribution is -2.45. The number of likely N-dealkylation sites (N-methyl/N-ethyl adjacent to an activating group) is 1. The molecule has 14 heavy (non-hydrogen) atoms. The van der Waals surface area contributed by atoms with Crippen LogP contribution >= 0.6 is 11.8 Å². The molecule has 1 aliphatic carbocycles. The van der Waals surface area contributed by atoms with Crippen LogP contribution in [0.15, 0.2) is 0 Å². The summed E-state index contributed by atoms with van der Waals surface area (Å²) in [5, 5.41) is 0. The van der Waals surface area contributed by atoms with Crippen LogP contribution in [-0.4, -0.2) is 41.4 Å². The van der Waals surface area contributed by atoms with E-state index in [9.17, 15) is 4.79 Å². The number of hydrogen-bond donors (Lipinski definition) is 1. The maximum atomic E-state index is 11.9. The molecule has 1 aliphatic rings. The first-order valence-corrected chi connectivity index (χ1v) is 6.65. The summed E-state index contributed by atoms with van der Waals surface area (Å²) in [7, 11) is 0. The normalized spacial score (nSPS) is 17.9. The molecule has 0 spiro atoms. The molecule has 1 amide bonds. The van der Waals surface area contributed by atoms with Gasteiger partial charge >= 0.3 is 0 Å². The van der Waals surface area contributed by atoms with E-state index in [2.05, 4.69) is 0 Å². The van der Waals surface area contributed by atoms with E-state index in [1.165, 1.54) is 0 Å². The maximum absolute atomic E-state index is 11.9. The highest BCUT2D eigenvalue weighted by atomic mass is 32.2. The molecular weight excluding hydrogens is 196 g/mol. The monoisotopic (exact) mass is 216 g/mol. The molecule has 0 unspecified atom stereocenters. The second-order valence-corrected chi connectivity index (χ2v) is 4.73. The molecule has 0 aliphatic heterocycles. The summed E-state index contributed by atoms with van der Waals surface area (Å²) in [5.74, 6) is 1.11. The van der Waals surface area contributed by atoms with Crippen molar-refractivity contribution in [1.82, 2.24) is 4.90 Å². The van der Waals surface area contributed by atoms with Gasteiger partial charge in [0.05, 0.1) is 6.04 Å². The molecule has 0 bridgehead atoms. The van der Waals surface area contributed by atoms with Gasteiger partial charge in [0.1, 0.15) is 0 Å². The molecule has 1 fully saturated rings. The molecule has 0 radical (unpaired) electrons. The van der Waals surface area contributed by atoms with Gasteiger partial charge in [0.25, 0.3) is 0 Å². The molecule has 4 heteroatoms. The predicted molar refractivity (Wildman–Crippen MR) is 61.4 cm³/mol. The summed E-state index contributed by atoms with van der Waals surface area (Å²) >= 11 is 1.74. The van der Waals surface area contributed by atoms with Crippen LogP contribution in [0, 0.1) is 0 Å². The fourth-order valence-electron chi connectivity index (χ4n) is 1.56. The number of hydrogen-bond acceptors (Lipinski definition) is 3. The van der Waals surface area contributed by atoms with E-state index < -0.39 is 0 Å². The lowest BCUT2D eigenvalue weighted by Gasteiger charge is -2.23. The van der Waals surface area contributed by atoms with Gasteiger partial charge in [0, 0.05) is 12.6 Å². The van der Waals surface area contributed by atoms with Gasteiger partial charge in [0.2, 0.25) is 5.91 Å². The zero-order valence-electron chi connectivity index (χ0n) is 9.03. The molecular formula is C10H20N2OS. The second kappa shape index (κ2) is 5.61. The van der Waals surface area contributed by atoms with E-state index in [1.54, 1.807) is 11.8 Å². The maximum Gasteiger partial charge on any atom is 0.239 e. The zero-order valence-corrected chi connectivity index (χ0v) is 9.85. The summed E-state index contributed by atoms with van der Waals surface area (Å²) < 4.78 is 0. The van der Waals surface area contributed by atoms with E-state index in [4.69, 9.17) is 5.73 Å². The number of rotatable bonds is 6. The first kappa shape index (κ1) is 11.9. The highest BCUT2D eigenvalue weighted by molar-refractivity contribution is 7.98. The quantitative estimate of drug-likeness (QED) is 0.722. The molecule has 0 saturated heterocycles. The molecule has 0 aromatic carbocycles. The van der Waals surface area contributed by atoms with Crippen molar-refractivity contribution in [2.24, 2.45) is 5.73 Å². The minimum atomic E-state index is -0.289. The first-order valence-electron chi connectivity index (χ1n) is 5.25. The third-order valence-electron chi connectivity index (χ3n) is 2.56. The Labute approximate surface area is 90.4 Å². The fraction of sp³-hybridized carbons (Fsp3) is 0.900. The predicted octanol–water partition coefficient (Wildman–Crippen LogP) is 1.08. The number of carbonyl (C=O) groups excluding carboxylic acids is 1. The topological polar surface area (TPSA) is 46.3 Å². The van der Waals surface area contributed by atoms with Gasteiger partial charge in [-0.25, -0.2) is 0 Å². The van der Waals surface area contributed by atoms with Gasteiger partial charge in [-0.05, 0) is 38.2 Å². The molecule has 0 aromatic rings. The molecule has 0 aromatic heterocycles. The van der Waals surface area contributed by atoms with Gasteiger partial charge in [0.15, 0.2) is 0 Å². The number of nitrogens with two attached hydrogens (primary N) is 1. The molecule has 2 N–H and O–H groups in total. The minimum absolute atomic E-state index is 0.143. The van der Waals surface area contributed by atoms with Crippen molar-refractivity contribution in [3.63, 3.8) is 0 Å². The number of carbonyl (C=O) groups is 1. The van der Waals surface area contributed by atoms with Gasteiger partial charge < -0.3 is 10.6 Å². The second-order valence-electron chi connectivity index (χ2n) is 3.74. The zero-order chi connectivity index (χ0) is 10.6. The highest BCUT2D eigenvalue weighted by Gasteiger charge is 2.33. The van der Waals surface area contributed by atoms with Crippen molar-refractivity contribution in [2.45, 2.75) is 38.3 Å². The van der Waals surface area contributed by atoms with Crippen LogP contribution in [0.25, 0.3) is 0 Å². The Bertz CT molecular complexity index is 195. The van der Waals surface area contributed by atoms with E-state index >= 15 is 0 Å². The number of thioether (sulfide) groups is 1. The molecule has 0 heterocycles. The number of nitrogens with zero attached hydrogens (tertiary/aromatic N) is 1. The Morgan fingerprint density at radius 3 is 2.71 bits per heavy atom. The number of amides is 1. The van der Waals surface area contributed by atoms with Gasteiger partial charge in [-0.3, -0.25) is 4.79 Å². The lowest BCUT2D eigenvalue weighted by molar-refractivity contribution is -0.133. The van der Waals surface area contributed by atoms with Crippen molar-refractivity contribution in [2.75, 3.05) is 18.6 Å². The average Bonchev–Trinajstić information content (AvgIpc) is 2.99. The average molecular weight is 216 g/mol. The van der Waals surface area contributed by atoms with E-state index in [1.807, 2.05) is 18.1 Å². The standard InChI is InChI=1S/C10H20N2OS/c1-3-12(8-4-5-8)10(13)9(11)6-7-14-2/h8-9H,3-7,11H2,1-2H3/t9-/m0/s1. The minimum Gasteiger partial charge on any atom is -0.339 e. The van der Waals surface area contributed by atoms with Crippen molar-refractivity contribution in [3.8, 4) is 0 Å². The van der Waals surface area contributed by atoms with Gasteiger partial charge in [-0.2, -0.15) is 11.8 Å². The lowest BCUT2D eigenvalue weighted by atomic mass is 10.2. The third kappa shape index (κ3) is 3.17. The summed E-state index contributed by atoms with van der Waals surface area (Å²) in [4.78, 5) is 13.8. The molecule has 1 saturated carbocycles. The third-order valence-corrected chi connectivity index (χ3v) is 3.21. The molecule has 3 nitrogen and oxygen atoms in total. The Hall–Kier alpha value is -0.220. The first-order chi connectivity index (χ1) is 6.70. The van der Waals surface area contributed by atoms with Crippen LogP contribution in [0.1, 0.15) is 26.2 Å². The van der Waals surface area contributed by atoms with Crippen LogP contribution in [0.4, 0.5) is 0 Å². The molecule has 82 valence electrons. The SMILES string of the molecule is CCN(C(=O)[C@@H](N)CCSC)C1CC1. The molecule has 1 atom stereocenters. The molecule has 1 rings (SSSR count). The summed E-state index contributed by atoms with van der Waals surface area (Å²) in [6.07, 6.45) is 5.16. The highest BCUT2D eigenvalue weighted by Crippen LogP contribution is 2.27. The van der Waals surface area contributed by atoms with Crippen molar-refractivity contribution < 1.29 is 4.79 Å². The smallest absolute Gasteiger partial charge is 0.239 e. The Morgan fingerprint density at radius 2 is 2.29 bits per heavy atom. The summed E-state index contributed by atoms with van der Waals surface area (Å²) in [6, 6.07) is 0.204. The van der Waals surface area contributed by atoms with Crippen LogP contribution in [0.2, 0.25) is 0 Å². The van der Waals surface area contributed by atoms with Crippen LogP contribution in [-0.2, 0) is 4.79 Å². The largest absolute Gasteiger partial charge is 0.339 e.